The predicted octanol–water partition coefficient (Wildman–Crippen LogP) is 3.70. The van der Waals surface area contributed by atoms with E-state index in [0.717, 1.165) is 11.1 Å². The molecule has 0 unspecified atom stereocenters. The lowest BCUT2D eigenvalue weighted by atomic mass is 9.95. The van der Waals surface area contributed by atoms with Gasteiger partial charge in [0.1, 0.15) is 0 Å². The van der Waals surface area contributed by atoms with E-state index in [1.165, 1.54) is 46.5 Å². The Kier molecular flexibility index (Phi) is 9.31. The summed E-state index contributed by atoms with van der Waals surface area (Å²) in [5.74, 6) is 0.256. The summed E-state index contributed by atoms with van der Waals surface area (Å²) in [6.45, 7) is 1.24. The molecule has 0 aromatic heterocycles. The molecule has 2 amide bonds. The van der Waals surface area contributed by atoms with Gasteiger partial charge in [0.25, 0.3) is 0 Å². The van der Waals surface area contributed by atoms with Crippen molar-refractivity contribution in [2.75, 3.05) is 45.6 Å². The zero-order valence-electron chi connectivity index (χ0n) is 24.1. The van der Waals surface area contributed by atoms with Gasteiger partial charge in [0, 0.05) is 18.2 Å². The lowest BCUT2D eigenvalue weighted by molar-refractivity contribution is -0.119. The van der Waals surface area contributed by atoms with Gasteiger partial charge in [-0.15, -0.1) is 0 Å². The molecule has 3 aromatic carbocycles. The van der Waals surface area contributed by atoms with Crippen LogP contribution >= 0.6 is 0 Å². The van der Waals surface area contributed by atoms with Crippen molar-refractivity contribution in [2.24, 2.45) is 0 Å². The fourth-order valence-corrected chi connectivity index (χ4v) is 5.04. The van der Waals surface area contributed by atoms with Crippen LogP contribution in [0.1, 0.15) is 40.9 Å². The van der Waals surface area contributed by atoms with Gasteiger partial charge in [0.05, 0.1) is 52.3 Å². The van der Waals surface area contributed by atoms with Crippen LogP contribution in [0, 0.1) is 0 Å². The van der Waals surface area contributed by atoms with E-state index in [1.54, 1.807) is 31.4 Å². The molecule has 1 aliphatic rings. The van der Waals surface area contributed by atoms with E-state index in [9.17, 15) is 19.2 Å². The molecule has 0 saturated heterocycles. The number of hydrogen-bond donors (Lipinski definition) is 3. The minimum absolute atomic E-state index is 0.192. The van der Waals surface area contributed by atoms with Gasteiger partial charge in [-0.1, -0.05) is 6.07 Å². The highest BCUT2D eigenvalue weighted by Gasteiger charge is 2.29. The summed E-state index contributed by atoms with van der Waals surface area (Å²) in [6.07, 6.45) is 1.11. The first-order valence-corrected chi connectivity index (χ1v) is 13.2. The van der Waals surface area contributed by atoms with Crippen LogP contribution in [0.25, 0.3) is 11.1 Å². The van der Waals surface area contributed by atoms with Crippen LogP contribution in [0.15, 0.2) is 53.3 Å². The first-order valence-electron chi connectivity index (χ1n) is 13.2. The number of nitrogens with one attached hydrogen (secondary N) is 3. The summed E-state index contributed by atoms with van der Waals surface area (Å²) in [5, 5.41) is 8.60. The highest BCUT2D eigenvalue weighted by molar-refractivity contribution is 5.95. The van der Waals surface area contributed by atoms with Crippen molar-refractivity contribution in [2.45, 2.75) is 25.8 Å². The summed E-state index contributed by atoms with van der Waals surface area (Å²) in [6, 6.07) is 12.5. The van der Waals surface area contributed by atoms with Crippen LogP contribution in [0.3, 0.4) is 0 Å². The van der Waals surface area contributed by atoms with Crippen molar-refractivity contribution in [1.29, 1.82) is 0 Å². The second-order valence-corrected chi connectivity index (χ2v) is 9.57. The van der Waals surface area contributed by atoms with Gasteiger partial charge in [-0.3, -0.25) is 14.4 Å². The molecule has 4 rings (SSSR count). The van der Waals surface area contributed by atoms with Gasteiger partial charge in [0.2, 0.25) is 23.0 Å². The lowest BCUT2D eigenvalue weighted by Crippen LogP contribution is -2.27. The molecule has 3 aromatic rings. The molecule has 0 spiro atoms. The number of amides is 2. The third kappa shape index (κ3) is 6.30. The number of carbonyl (C=O) groups excluding carboxylic acids is 3. The van der Waals surface area contributed by atoms with Gasteiger partial charge < -0.3 is 34.9 Å². The number of esters is 1. The Morgan fingerprint density at radius 2 is 1.62 bits per heavy atom. The number of ether oxygens (including phenoxy) is 4. The van der Waals surface area contributed by atoms with Crippen molar-refractivity contribution < 1.29 is 33.3 Å². The molecule has 0 aliphatic heterocycles. The average Bonchev–Trinajstić information content (AvgIpc) is 3.23. The molecule has 11 nitrogen and oxygen atoms in total. The molecular formula is C31H33N3O8. The number of benzene rings is 2. The zero-order valence-corrected chi connectivity index (χ0v) is 24.1. The second kappa shape index (κ2) is 13.1. The molecule has 11 heteroatoms. The number of aryl methyl sites for hydroxylation is 1. The highest BCUT2D eigenvalue weighted by atomic mass is 16.5. The Morgan fingerprint density at radius 1 is 0.905 bits per heavy atom. The van der Waals surface area contributed by atoms with E-state index in [-0.39, 0.29) is 23.6 Å². The fraction of sp³-hybridized carbons (Fsp3) is 0.290. The molecule has 42 heavy (non-hydrogen) atoms. The van der Waals surface area contributed by atoms with Crippen molar-refractivity contribution in [3.05, 3.63) is 75.4 Å². The standard InChI is InChI=1S/C31H33N3O8/c1-17(35)33-23-12-8-19-14-26(39-2)29(40-3)30(41-4)28(19)21-11-13-24(25(36)15-22(21)23)32-16-27(37)34-20-9-6-18(7-10-20)31(38)42-5/h6-7,9-11,13-15,23H,8,12,16H2,1-5H3,(H,32,36)(H,33,35)(H,34,37)/t23-/m0/s1. The van der Waals surface area contributed by atoms with Gasteiger partial charge in [0.15, 0.2) is 11.5 Å². The number of carbonyl (C=O) groups is 3. The number of hydrogen-bond acceptors (Lipinski definition) is 9. The topological polar surface area (TPSA) is 141 Å². The van der Waals surface area contributed by atoms with Crippen LogP contribution in [0.2, 0.25) is 0 Å². The molecule has 1 aliphatic carbocycles. The third-order valence-electron chi connectivity index (χ3n) is 6.95. The van der Waals surface area contributed by atoms with E-state index in [2.05, 4.69) is 20.7 Å². The smallest absolute Gasteiger partial charge is 0.337 e. The maximum Gasteiger partial charge on any atom is 0.337 e. The monoisotopic (exact) mass is 575 g/mol. The summed E-state index contributed by atoms with van der Waals surface area (Å²) in [5.41, 5.74) is 3.60. The van der Waals surface area contributed by atoms with Gasteiger partial charge >= 0.3 is 5.97 Å². The quantitative estimate of drug-likeness (QED) is 0.326. The predicted molar refractivity (Wildman–Crippen MR) is 158 cm³/mol. The Morgan fingerprint density at radius 3 is 2.24 bits per heavy atom. The molecule has 220 valence electrons. The largest absolute Gasteiger partial charge is 0.493 e. The first-order chi connectivity index (χ1) is 20.2. The summed E-state index contributed by atoms with van der Waals surface area (Å²) in [4.78, 5) is 49.8. The number of methoxy groups -OCH3 is 4. The van der Waals surface area contributed by atoms with E-state index in [0.29, 0.717) is 52.5 Å². The molecule has 1 atom stereocenters. The number of rotatable bonds is 9. The molecule has 0 saturated carbocycles. The molecule has 0 heterocycles. The normalized spacial score (nSPS) is 13.4. The summed E-state index contributed by atoms with van der Waals surface area (Å²) >= 11 is 0. The van der Waals surface area contributed by atoms with Crippen LogP contribution in [-0.2, 0) is 20.7 Å². The van der Waals surface area contributed by atoms with Crippen molar-refractivity contribution in [1.82, 2.24) is 5.32 Å². The minimum Gasteiger partial charge on any atom is -0.493 e. The zero-order chi connectivity index (χ0) is 30.4. The van der Waals surface area contributed by atoms with Crippen LogP contribution in [0.4, 0.5) is 11.4 Å². The third-order valence-corrected chi connectivity index (χ3v) is 6.95. The SMILES string of the molecule is COC(=O)c1ccc(NC(=O)CNc2ccc3c(cc2=O)[C@@H](NC(C)=O)CCc2cc(OC)c(OC)c(OC)c2-3)cc1. The molecule has 0 fully saturated rings. The maximum absolute atomic E-state index is 13.4. The van der Waals surface area contributed by atoms with E-state index >= 15 is 0 Å². The Labute approximate surface area is 243 Å². The van der Waals surface area contributed by atoms with Gasteiger partial charge in [-0.25, -0.2) is 4.79 Å². The first kappa shape index (κ1) is 29.9. The van der Waals surface area contributed by atoms with Gasteiger partial charge in [-0.2, -0.15) is 0 Å². The van der Waals surface area contributed by atoms with Crippen molar-refractivity contribution in [3.8, 4) is 28.4 Å². The number of fused-ring (bicyclic) bond motifs is 3. The maximum atomic E-state index is 13.4. The molecular weight excluding hydrogens is 542 g/mol. The summed E-state index contributed by atoms with van der Waals surface area (Å²) in [7, 11) is 5.89. The van der Waals surface area contributed by atoms with E-state index in [1.807, 2.05) is 6.07 Å². The van der Waals surface area contributed by atoms with Crippen molar-refractivity contribution >= 4 is 29.2 Å². The summed E-state index contributed by atoms with van der Waals surface area (Å²) < 4.78 is 21.6. The number of anilines is 2. The Balaban J connectivity index is 1.69. The average molecular weight is 576 g/mol. The molecule has 0 bridgehead atoms. The van der Waals surface area contributed by atoms with E-state index < -0.39 is 17.9 Å². The Bertz CT molecular complexity index is 1570. The van der Waals surface area contributed by atoms with E-state index in [4.69, 9.17) is 14.2 Å². The van der Waals surface area contributed by atoms with Crippen LogP contribution in [0.5, 0.6) is 17.2 Å². The molecule has 0 radical (unpaired) electrons. The van der Waals surface area contributed by atoms with Crippen LogP contribution < -0.4 is 35.6 Å². The Hall–Kier alpha value is -5.06. The van der Waals surface area contributed by atoms with Gasteiger partial charge in [-0.05, 0) is 72.0 Å². The minimum atomic E-state index is -0.480. The van der Waals surface area contributed by atoms with Crippen molar-refractivity contribution in [3.63, 3.8) is 0 Å². The molecule has 3 N–H and O–H groups in total. The second-order valence-electron chi connectivity index (χ2n) is 9.57. The highest BCUT2D eigenvalue weighted by Crippen LogP contribution is 2.50. The fourth-order valence-electron chi connectivity index (χ4n) is 5.04. The van der Waals surface area contributed by atoms with Crippen LogP contribution in [-0.4, -0.2) is 52.8 Å². The lowest BCUT2D eigenvalue weighted by Gasteiger charge is -2.19.